The average molecular weight is 269 g/mol. The van der Waals surface area contributed by atoms with Crippen molar-refractivity contribution in [2.75, 3.05) is 39.5 Å². The number of piperazine rings is 1. The van der Waals surface area contributed by atoms with Crippen LogP contribution in [-0.4, -0.2) is 60.3 Å². The molecule has 2 heterocycles. The molecule has 1 saturated heterocycles. The van der Waals surface area contributed by atoms with Gasteiger partial charge in [0.25, 0.3) is 0 Å². The van der Waals surface area contributed by atoms with Gasteiger partial charge in [-0.15, -0.1) is 0 Å². The molecule has 98 valence electrons. The van der Waals surface area contributed by atoms with Gasteiger partial charge in [0.15, 0.2) is 5.78 Å². The Bertz CT molecular complexity index is 465. The summed E-state index contributed by atoms with van der Waals surface area (Å²) in [5.41, 5.74) is 6.17. The number of anilines is 1. The van der Waals surface area contributed by atoms with E-state index in [2.05, 4.69) is 9.88 Å². The number of carbonyl (C=O) groups is 1. The SMILES string of the molecule is CN1CCN(C)C(C(=O)c2cc(Cl)cnc2N)C1. The topological polar surface area (TPSA) is 62.5 Å². The molecule has 0 bridgehead atoms. The number of pyridine rings is 1. The van der Waals surface area contributed by atoms with Crippen LogP contribution in [0.3, 0.4) is 0 Å². The van der Waals surface area contributed by atoms with Gasteiger partial charge in [-0.2, -0.15) is 0 Å². The fourth-order valence-electron chi connectivity index (χ4n) is 2.12. The molecule has 18 heavy (non-hydrogen) atoms. The molecule has 2 rings (SSSR count). The zero-order chi connectivity index (χ0) is 13.3. The van der Waals surface area contributed by atoms with E-state index in [1.807, 2.05) is 19.0 Å². The number of carbonyl (C=O) groups excluding carboxylic acids is 1. The van der Waals surface area contributed by atoms with E-state index in [9.17, 15) is 4.79 Å². The van der Waals surface area contributed by atoms with E-state index in [0.717, 1.165) is 13.1 Å². The number of nitrogens with two attached hydrogens (primary N) is 1. The highest BCUT2D eigenvalue weighted by Gasteiger charge is 2.30. The van der Waals surface area contributed by atoms with Crippen LogP contribution in [-0.2, 0) is 0 Å². The van der Waals surface area contributed by atoms with Crippen molar-refractivity contribution in [2.24, 2.45) is 0 Å². The molecule has 1 fully saturated rings. The fraction of sp³-hybridized carbons (Fsp3) is 0.500. The molecule has 0 spiro atoms. The number of nitrogen functional groups attached to an aromatic ring is 1. The Kier molecular flexibility index (Phi) is 3.85. The molecule has 5 nitrogen and oxygen atoms in total. The summed E-state index contributed by atoms with van der Waals surface area (Å²) in [6, 6.07) is 1.40. The summed E-state index contributed by atoms with van der Waals surface area (Å²) in [4.78, 5) is 20.6. The van der Waals surface area contributed by atoms with Crippen molar-refractivity contribution in [2.45, 2.75) is 6.04 Å². The smallest absolute Gasteiger partial charge is 0.185 e. The van der Waals surface area contributed by atoms with Crippen molar-refractivity contribution in [3.63, 3.8) is 0 Å². The minimum atomic E-state index is -0.189. The Balaban J connectivity index is 2.27. The summed E-state index contributed by atoms with van der Waals surface area (Å²) in [7, 11) is 3.95. The Morgan fingerprint density at radius 1 is 1.50 bits per heavy atom. The number of Topliss-reactive ketones (excluding diaryl/α,β-unsaturated/α-hetero) is 1. The number of aromatic nitrogens is 1. The molecule has 6 heteroatoms. The van der Waals surface area contributed by atoms with Gasteiger partial charge in [-0.25, -0.2) is 4.98 Å². The van der Waals surface area contributed by atoms with Crippen LogP contribution in [0.15, 0.2) is 12.3 Å². The molecule has 1 atom stereocenters. The lowest BCUT2D eigenvalue weighted by Gasteiger charge is -2.36. The van der Waals surface area contributed by atoms with Gasteiger partial charge >= 0.3 is 0 Å². The van der Waals surface area contributed by atoms with Gasteiger partial charge in [0, 0.05) is 25.8 Å². The van der Waals surface area contributed by atoms with Gasteiger partial charge in [-0.05, 0) is 20.2 Å². The Hall–Kier alpha value is -1.17. The number of likely N-dealkylation sites (N-methyl/N-ethyl adjacent to an activating group) is 2. The minimum Gasteiger partial charge on any atom is -0.383 e. The summed E-state index contributed by atoms with van der Waals surface area (Å²) in [6.45, 7) is 2.52. The van der Waals surface area contributed by atoms with E-state index < -0.39 is 0 Å². The van der Waals surface area contributed by atoms with Crippen molar-refractivity contribution in [3.05, 3.63) is 22.8 Å². The molecule has 0 radical (unpaired) electrons. The highest BCUT2D eigenvalue weighted by Crippen LogP contribution is 2.19. The molecule has 1 aliphatic rings. The molecule has 1 aromatic rings. The van der Waals surface area contributed by atoms with Crippen LogP contribution >= 0.6 is 11.6 Å². The molecule has 1 aromatic heterocycles. The molecule has 1 aliphatic heterocycles. The van der Waals surface area contributed by atoms with Crippen molar-refractivity contribution in [1.82, 2.24) is 14.8 Å². The van der Waals surface area contributed by atoms with Crippen molar-refractivity contribution >= 4 is 23.2 Å². The highest BCUT2D eigenvalue weighted by atomic mass is 35.5. The van der Waals surface area contributed by atoms with E-state index in [4.69, 9.17) is 17.3 Å². The largest absolute Gasteiger partial charge is 0.383 e. The van der Waals surface area contributed by atoms with Gasteiger partial charge in [0.2, 0.25) is 0 Å². The van der Waals surface area contributed by atoms with E-state index in [1.165, 1.54) is 6.20 Å². The zero-order valence-electron chi connectivity index (χ0n) is 10.6. The van der Waals surface area contributed by atoms with E-state index >= 15 is 0 Å². The van der Waals surface area contributed by atoms with Crippen LogP contribution in [0.25, 0.3) is 0 Å². The third-order valence-corrected chi connectivity index (χ3v) is 3.51. The van der Waals surface area contributed by atoms with E-state index in [0.29, 0.717) is 17.1 Å². The molecule has 1 unspecified atom stereocenters. The molecule has 0 aliphatic carbocycles. The number of halogens is 1. The van der Waals surface area contributed by atoms with Crippen molar-refractivity contribution in [3.8, 4) is 0 Å². The van der Waals surface area contributed by atoms with Crippen molar-refractivity contribution in [1.29, 1.82) is 0 Å². The fourth-order valence-corrected chi connectivity index (χ4v) is 2.28. The van der Waals surface area contributed by atoms with Gasteiger partial charge in [0.1, 0.15) is 5.82 Å². The predicted molar refractivity (Wildman–Crippen MR) is 71.9 cm³/mol. The second kappa shape index (κ2) is 5.22. The average Bonchev–Trinajstić information content (AvgIpc) is 2.34. The highest BCUT2D eigenvalue weighted by molar-refractivity contribution is 6.31. The van der Waals surface area contributed by atoms with Gasteiger partial charge in [-0.1, -0.05) is 11.6 Å². The van der Waals surface area contributed by atoms with Crippen LogP contribution in [0.4, 0.5) is 5.82 Å². The Labute approximate surface area is 112 Å². The van der Waals surface area contributed by atoms with Crippen LogP contribution < -0.4 is 5.73 Å². The second-order valence-corrected chi connectivity index (χ2v) is 5.15. The first-order valence-corrected chi connectivity index (χ1v) is 6.21. The number of hydrogen-bond donors (Lipinski definition) is 1. The van der Waals surface area contributed by atoms with Crippen LogP contribution in [0.1, 0.15) is 10.4 Å². The standard InChI is InChI=1S/C12H17ClN4O/c1-16-3-4-17(2)10(7-16)11(18)9-5-8(13)6-15-12(9)14/h5-6,10H,3-4,7H2,1-2H3,(H2,14,15). The van der Waals surface area contributed by atoms with Gasteiger partial charge in [0.05, 0.1) is 16.6 Å². The predicted octanol–water partition coefficient (Wildman–Crippen LogP) is 0.746. The van der Waals surface area contributed by atoms with E-state index in [-0.39, 0.29) is 17.6 Å². The molecule has 2 N–H and O–H groups in total. The lowest BCUT2D eigenvalue weighted by atomic mass is 10.0. The lowest BCUT2D eigenvalue weighted by molar-refractivity contribution is 0.0687. The zero-order valence-corrected chi connectivity index (χ0v) is 11.3. The molecule has 0 saturated carbocycles. The lowest BCUT2D eigenvalue weighted by Crippen LogP contribution is -2.53. The van der Waals surface area contributed by atoms with E-state index in [1.54, 1.807) is 6.07 Å². The summed E-state index contributed by atoms with van der Waals surface area (Å²) < 4.78 is 0. The summed E-state index contributed by atoms with van der Waals surface area (Å²) in [5, 5.41) is 0.430. The Morgan fingerprint density at radius 3 is 2.94 bits per heavy atom. The molecule has 0 aromatic carbocycles. The van der Waals surface area contributed by atoms with Crippen LogP contribution in [0.5, 0.6) is 0 Å². The van der Waals surface area contributed by atoms with Crippen LogP contribution in [0, 0.1) is 0 Å². The van der Waals surface area contributed by atoms with Gasteiger partial charge < -0.3 is 10.6 Å². The maximum Gasteiger partial charge on any atom is 0.185 e. The maximum absolute atomic E-state index is 12.5. The summed E-state index contributed by atoms with van der Waals surface area (Å²) >= 11 is 5.87. The van der Waals surface area contributed by atoms with Crippen molar-refractivity contribution < 1.29 is 4.79 Å². The minimum absolute atomic E-state index is 0.0171. The molecular weight excluding hydrogens is 252 g/mol. The summed E-state index contributed by atoms with van der Waals surface area (Å²) in [5.74, 6) is 0.225. The summed E-state index contributed by atoms with van der Waals surface area (Å²) in [6.07, 6.45) is 1.45. The maximum atomic E-state index is 12.5. The van der Waals surface area contributed by atoms with Gasteiger partial charge in [-0.3, -0.25) is 9.69 Å². The first kappa shape index (κ1) is 13.3. The number of hydrogen-bond acceptors (Lipinski definition) is 5. The molecule has 0 amide bonds. The first-order valence-electron chi connectivity index (χ1n) is 5.83. The number of ketones is 1. The number of rotatable bonds is 2. The second-order valence-electron chi connectivity index (χ2n) is 4.71. The normalized spacial score (nSPS) is 22.1. The van der Waals surface area contributed by atoms with Crippen LogP contribution in [0.2, 0.25) is 5.02 Å². The number of nitrogens with zero attached hydrogens (tertiary/aromatic N) is 3. The first-order chi connectivity index (χ1) is 8.49. The Morgan fingerprint density at radius 2 is 2.22 bits per heavy atom. The third-order valence-electron chi connectivity index (χ3n) is 3.30. The quantitative estimate of drug-likeness (QED) is 0.802. The molecular formula is C12H17ClN4O. The third kappa shape index (κ3) is 2.63. The monoisotopic (exact) mass is 268 g/mol.